The van der Waals surface area contributed by atoms with E-state index in [1.54, 1.807) is 11.3 Å². The Bertz CT molecular complexity index is 1670. The zero-order valence-corrected chi connectivity index (χ0v) is 22.2. The largest absolute Gasteiger partial charge is 0.337 e. The molecule has 2 N–H and O–H groups in total. The van der Waals surface area contributed by atoms with Crippen molar-refractivity contribution < 1.29 is 9.59 Å². The minimum Gasteiger partial charge on any atom is -0.337 e. The van der Waals surface area contributed by atoms with E-state index in [9.17, 15) is 9.59 Å². The van der Waals surface area contributed by atoms with E-state index in [1.807, 2.05) is 102 Å². The molecule has 0 unspecified atom stereocenters. The lowest BCUT2D eigenvalue weighted by Gasteiger charge is -2.12. The predicted octanol–water partition coefficient (Wildman–Crippen LogP) is 7.22. The van der Waals surface area contributed by atoms with Crippen molar-refractivity contribution in [2.75, 3.05) is 10.6 Å². The Morgan fingerprint density at radius 3 is 2.28 bits per heavy atom. The van der Waals surface area contributed by atoms with E-state index in [1.165, 1.54) is 4.88 Å². The zero-order valence-electron chi connectivity index (χ0n) is 21.4. The molecule has 194 valence electrons. The fourth-order valence-corrected chi connectivity index (χ4v) is 6.34. The minimum atomic E-state index is -0.118. The van der Waals surface area contributed by atoms with E-state index in [2.05, 4.69) is 10.6 Å². The first-order chi connectivity index (χ1) is 19.2. The number of aromatic nitrogens is 1. The van der Waals surface area contributed by atoms with Gasteiger partial charge in [-0.3, -0.25) is 9.59 Å². The second-order valence-corrected chi connectivity index (χ2v) is 10.7. The first kappa shape index (κ1) is 24.8. The molecule has 7 heteroatoms. The number of amides is 2. The SMILES string of the molecule is O=C(Cn1cc(C=Nc2sc3c(c2C(=O)Nc2ccccc2)CCCC3)c2ccccc21)Nc1ccccc1. The maximum absolute atomic E-state index is 13.4. The molecule has 6 nitrogen and oxygen atoms in total. The van der Waals surface area contributed by atoms with Gasteiger partial charge in [-0.1, -0.05) is 54.6 Å². The Morgan fingerprint density at radius 2 is 1.51 bits per heavy atom. The van der Waals surface area contributed by atoms with Crippen molar-refractivity contribution in [3.8, 4) is 0 Å². The molecular weight excluding hydrogens is 504 g/mol. The van der Waals surface area contributed by atoms with Crippen molar-refractivity contribution in [2.45, 2.75) is 32.2 Å². The molecule has 6 rings (SSSR count). The molecule has 0 bridgehead atoms. The highest BCUT2D eigenvalue weighted by atomic mass is 32.1. The quantitative estimate of drug-likeness (QED) is 0.217. The Hall–Kier alpha value is -4.49. The van der Waals surface area contributed by atoms with Crippen LogP contribution in [0.2, 0.25) is 0 Å². The molecule has 0 saturated carbocycles. The summed E-state index contributed by atoms with van der Waals surface area (Å²) in [6.45, 7) is 0.182. The van der Waals surface area contributed by atoms with Gasteiger partial charge in [-0.15, -0.1) is 11.3 Å². The number of nitrogens with one attached hydrogen (secondary N) is 2. The Morgan fingerprint density at radius 1 is 0.846 bits per heavy atom. The van der Waals surface area contributed by atoms with Crippen LogP contribution in [0.5, 0.6) is 0 Å². The number of aryl methyl sites for hydroxylation is 1. The smallest absolute Gasteiger partial charge is 0.259 e. The molecule has 0 atom stereocenters. The molecule has 39 heavy (non-hydrogen) atoms. The first-order valence-corrected chi connectivity index (χ1v) is 13.9. The molecule has 3 aromatic carbocycles. The number of fused-ring (bicyclic) bond motifs is 2. The van der Waals surface area contributed by atoms with Crippen LogP contribution in [0.4, 0.5) is 16.4 Å². The lowest BCUT2D eigenvalue weighted by Crippen LogP contribution is -2.18. The van der Waals surface area contributed by atoms with E-state index in [-0.39, 0.29) is 18.4 Å². The molecular formula is C32H28N4O2S. The van der Waals surface area contributed by atoms with Crippen molar-refractivity contribution in [1.82, 2.24) is 4.57 Å². The van der Waals surface area contributed by atoms with Crippen LogP contribution in [0.15, 0.2) is 96.1 Å². The maximum atomic E-state index is 13.4. The number of hydrogen-bond donors (Lipinski definition) is 2. The lowest BCUT2D eigenvalue weighted by molar-refractivity contribution is -0.116. The molecule has 2 heterocycles. The molecule has 0 spiro atoms. The van der Waals surface area contributed by atoms with Gasteiger partial charge in [0, 0.05) is 45.1 Å². The van der Waals surface area contributed by atoms with Crippen LogP contribution < -0.4 is 10.6 Å². The second kappa shape index (κ2) is 11.1. The molecule has 2 amide bonds. The molecule has 0 saturated heterocycles. The predicted molar refractivity (Wildman–Crippen MR) is 160 cm³/mol. The van der Waals surface area contributed by atoms with Gasteiger partial charge in [0.1, 0.15) is 11.5 Å². The number of carbonyl (C=O) groups excluding carboxylic acids is 2. The number of carbonyl (C=O) groups is 2. The number of nitrogens with zero attached hydrogens (tertiary/aromatic N) is 2. The van der Waals surface area contributed by atoms with Crippen LogP contribution in [0.1, 0.15) is 39.2 Å². The van der Waals surface area contributed by atoms with E-state index < -0.39 is 0 Å². The number of hydrogen-bond acceptors (Lipinski definition) is 4. The monoisotopic (exact) mass is 532 g/mol. The molecule has 0 radical (unpaired) electrons. The van der Waals surface area contributed by atoms with Gasteiger partial charge in [-0.05, 0) is 61.6 Å². The van der Waals surface area contributed by atoms with Crippen LogP contribution in [0, 0.1) is 0 Å². The van der Waals surface area contributed by atoms with Crippen LogP contribution >= 0.6 is 11.3 Å². The van der Waals surface area contributed by atoms with Gasteiger partial charge in [0.25, 0.3) is 5.91 Å². The van der Waals surface area contributed by atoms with Gasteiger partial charge in [0.15, 0.2) is 0 Å². The number of para-hydroxylation sites is 3. The number of benzene rings is 3. The van der Waals surface area contributed by atoms with Crippen molar-refractivity contribution in [3.63, 3.8) is 0 Å². The highest BCUT2D eigenvalue weighted by molar-refractivity contribution is 7.16. The summed E-state index contributed by atoms with van der Waals surface area (Å²) in [5, 5.41) is 7.74. The van der Waals surface area contributed by atoms with E-state index in [4.69, 9.17) is 4.99 Å². The average Bonchev–Trinajstić information content (AvgIpc) is 3.51. The Kier molecular flexibility index (Phi) is 7.06. The van der Waals surface area contributed by atoms with E-state index >= 15 is 0 Å². The third-order valence-electron chi connectivity index (χ3n) is 6.92. The summed E-state index contributed by atoms with van der Waals surface area (Å²) >= 11 is 1.61. The van der Waals surface area contributed by atoms with Gasteiger partial charge >= 0.3 is 0 Å². The standard InChI is InChI=1S/C32H28N4O2S/c37-29(34-23-11-3-1-4-12-23)21-36-20-22(25-15-7-9-17-27(25)36)19-33-32-30(26-16-8-10-18-28(26)39-32)31(38)35-24-13-5-2-6-14-24/h1-7,9,11-15,17,19-20H,8,10,16,18,21H2,(H,34,37)(H,35,38). The number of aliphatic imine (C=N–C) groups is 1. The van der Waals surface area contributed by atoms with E-state index in [0.29, 0.717) is 5.56 Å². The van der Waals surface area contributed by atoms with Crippen molar-refractivity contribution >= 4 is 56.6 Å². The van der Waals surface area contributed by atoms with Gasteiger partial charge in [0.05, 0.1) is 5.56 Å². The highest BCUT2D eigenvalue weighted by Gasteiger charge is 2.25. The van der Waals surface area contributed by atoms with Crippen LogP contribution in [0.3, 0.4) is 0 Å². The molecule has 2 aromatic heterocycles. The summed E-state index contributed by atoms with van der Waals surface area (Å²) in [6, 6.07) is 27.0. The van der Waals surface area contributed by atoms with E-state index in [0.717, 1.165) is 64.1 Å². The van der Waals surface area contributed by atoms with Gasteiger partial charge in [-0.2, -0.15) is 0 Å². The summed E-state index contributed by atoms with van der Waals surface area (Å²) in [6.07, 6.45) is 7.87. The Balaban J connectivity index is 1.31. The minimum absolute atomic E-state index is 0.101. The highest BCUT2D eigenvalue weighted by Crippen LogP contribution is 2.40. The van der Waals surface area contributed by atoms with Crippen molar-refractivity contribution in [1.29, 1.82) is 0 Å². The first-order valence-electron chi connectivity index (χ1n) is 13.1. The van der Waals surface area contributed by atoms with Crippen LogP contribution in [-0.4, -0.2) is 22.6 Å². The summed E-state index contributed by atoms with van der Waals surface area (Å²) < 4.78 is 1.94. The fourth-order valence-electron chi connectivity index (χ4n) is 5.11. The van der Waals surface area contributed by atoms with Crippen molar-refractivity contribution in [3.05, 3.63) is 113 Å². The summed E-state index contributed by atoms with van der Waals surface area (Å²) in [5.74, 6) is -0.219. The van der Waals surface area contributed by atoms with Crippen molar-refractivity contribution in [2.24, 2.45) is 4.99 Å². The fraction of sp³-hybridized carbons (Fsp3) is 0.156. The summed E-state index contributed by atoms with van der Waals surface area (Å²) in [7, 11) is 0. The normalized spacial score (nSPS) is 12.9. The van der Waals surface area contributed by atoms with Crippen LogP contribution in [0.25, 0.3) is 10.9 Å². The molecule has 0 fully saturated rings. The van der Waals surface area contributed by atoms with Gasteiger partial charge in [-0.25, -0.2) is 4.99 Å². The lowest BCUT2D eigenvalue weighted by atomic mass is 9.95. The second-order valence-electron chi connectivity index (χ2n) is 9.61. The molecule has 0 aliphatic heterocycles. The Labute approximate surface area is 231 Å². The maximum Gasteiger partial charge on any atom is 0.259 e. The van der Waals surface area contributed by atoms with Gasteiger partial charge < -0.3 is 15.2 Å². The number of anilines is 2. The summed E-state index contributed by atoms with van der Waals surface area (Å²) in [4.78, 5) is 32.4. The summed E-state index contributed by atoms with van der Waals surface area (Å²) in [5.41, 5.74) is 5.20. The molecule has 1 aliphatic rings. The van der Waals surface area contributed by atoms with Gasteiger partial charge in [0.2, 0.25) is 5.91 Å². The van der Waals surface area contributed by atoms with Crippen LogP contribution in [-0.2, 0) is 24.2 Å². The number of rotatable bonds is 7. The number of thiophene rings is 1. The topological polar surface area (TPSA) is 75.5 Å². The third-order valence-corrected chi connectivity index (χ3v) is 8.12. The third kappa shape index (κ3) is 5.40. The molecule has 1 aliphatic carbocycles. The molecule has 5 aromatic rings. The average molecular weight is 533 g/mol. The zero-order chi connectivity index (χ0) is 26.6.